The van der Waals surface area contributed by atoms with E-state index in [1.165, 1.54) is 10.6 Å². The SMILES string of the molecule is CN(c1ccc2c(c1)CCO2)S(C)(=O)=O. The van der Waals surface area contributed by atoms with Gasteiger partial charge in [0.15, 0.2) is 0 Å². The molecule has 2 rings (SSSR count). The number of nitrogens with zero attached hydrogens (tertiary/aromatic N) is 1. The van der Waals surface area contributed by atoms with Gasteiger partial charge in [0.1, 0.15) is 5.75 Å². The molecule has 15 heavy (non-hydrogen) atoms. The second kappa shape index (κ2) is 3.41. The molecule has 0 unspecified atom stereocenters. The van der Waals surface area contributed by atoms with Gasteiger partial charge in [0, 0.05) is 13.5 Å². The molecule has 0 saturated carbocycles. The first-order chi connectivity index (χ1) is 6.98. The van der Waals surface area contributed by atoms with Gasteiger partial charge in [0.05, 0.1) is 18.6 Å². The number of fused-ring (bicyclic) bond motifs is 1. The van der Waals surface area contributed by atoms with Crippen LogP contribution in [0.25, 0.3) is 0 Å². The van der Waals surface area contributed by atoms with E-state index in [9.17, 15) is 8.42 Å². The minimum absolute atomic E-state index is 0.682. The molecule has 1 aliphatic rings. The highest BCUT2D eigenvalue weighted by Crippen LogP contribution is 2.29. The van der Waals surface area contributed by atoms with Crippen LogP contribution in [-0.2, 0) is 16.4 Å². The maximum atomic E-state index is 11.3. The van der Waals surface area contributed by atoms with E-state index < -0.39 is 10.0 Å². The van der Waals surface area contributed by atoms with E-state index in [1.54, 1.807) is 13.1 Å². The predicted octanol–water partition coefficient (Wildman–Crippen LogP) is 1.02. The highest BCUT2D eigenvalue weighted by Gasteiger charge is 2.16. The highest BCUT2D eigenvalue weighted by atomic mass is 32.2. The van der Waals surface area contributed by atoms with Gasteiger partial charge in [-0.3, -0.25) is 4.31 Å². The number of anilines is 1. The molecule has 4 nitrogen and oxygen atoms in total. The van der Waals surface area contributed by atoms with Crippen LogP contribution < -0.4 is 9.04 Å². The third kappa shape index (κ3) is 1.92. The first-order valence-corrected chi connectivity index (χ1v) is 6.53. The molecule has 0 aliphatic carbocycles. The Morgan fingerprint density at radius 3 is 2.80 bits per heavy atom. The summed E-state index contributed by atoms with van der Waals surface area (Å²) in [6.45, 7) is 0.682. The van der Waals surface area contributed by atoms with Crippen LogP contribution in [-0.4, -0.2) is 28.3 Å². The van der Waals surface area contributed by atoms with Crippen molar-refractivity contribution in [3.8, 4) is 5.75 Å². The van der Waals surface area contributed by atoms with Crippen molar-refractivity contribution in [3.05, 3.63) is 23.8 Å². The standard InChI is InChI=1S/C10H13NO3S/c1-11(15(2,12)13)9-3-4-10-8(7-9)5-6-14-10/h3-4,7H,5-6H2,1-2H3. The fraction of sp³-hybridized carbons (Fsp3) is 0.400. The van der Waals surface area contributed by atoms with E-state index in [-0.39, 0.29) is 0 Å². The number of ether oxygens (including phenoxy) is 1. The summed E-state index contributed by atoms with van der Waals surface area (Å²) in [4.78, 5) is 0. The number of rotatable bonds is 2. The Morgan fingerprint density at radius 2 is 2.13 bits per heavy atom. The van der Waals surface area contributed by atoms with Crippen molar-refractivity contribution in [1.29, 1.82) is 0 Å². The molecule has 0 amide bonds. The van der Waals surface area contributed by atoms with Crippen LogP contribution in [0, 0.1) is 0 Å². The van der Waals surface area contributed by atoms with Gasteiger partial charge in [-0.1, -0.05) is 0 Å². The van der Waals surface area contributed by atoms with Crippen LogP contribution in [0.1, 0.15) is 5.56 Å². The molecule has 82 valence electrons. The van der Waals surface area contributed by atoms with Crippen molar-refractivity contribution in [2.75, 3.05) is 24.2 Å². The molecule has 0 aromatic heterocycles. The second-order valence-corrected chi connectivity index (χ2v) is 5.63. The molecule has 0 atom stereocenters. The van der Waals surface area contributed by atoms with Crippen molar-refractivity contribution >= 4 is 15.7 Å². The minimum atomic E-state index is -3.18. The maximum absolute atomic E-state index is 11.3. The summed E-state index contributed by atoms with van der Waals surface area (Å²) in [7, 11) is -1.63. The quantitative estimate of drug-likeness (QED) is 0.757. The number of hydrogen-bond acceptors (Lipinski definition) is 3. The Balaban J connectivity index is 2.39. The summed E-state index contributed by atoms with van der Waals surface area (Å²) < 4.78 is 29.3. The Labute approximate surface area is 89.5 Å². The molecule has 0 bridgehead atoms. The van der Waals surface area contributed by atoms with E-state index in [4.69, 9.17) is 4.74 Å². The van der Waals surface area contributed by atoms with E-state index in [0.29, 0.717) is 12.3 Å². The molecule has 1 aromatic rings. The van der Waals surface area contributed by atoms with Crippen LogP contribution in [0.3, 0.4) is 0 Å². The third-order valence-corrected chi connectivity index (χ3v) is 3.74. The summed E-state index contributed by atoms with van der Waals surface area (Å²) in [6.07, 6.45) is 2.04. The van der Waals surface area contributed by atoms with Gasteiger partial charge in [-0.05, 0) is 23.8 Å². The lowest BCUT2D eigenvalue weighted by Gasteiger charge is -2.17. The molecule has 0 N–H and O–H groups in total. The monoisotopic (exact) mass is 227 g/mol. The van der Waals surface area contributed by atoms with Crippen molar-refractivity contribution < 1.29 is 13.2 Å². The average molecular weight is 227 g/mol. The van der Waals surface area contributed by atoms with Gasteiger partial charge in [-0.2, -0.15) is 0 Å². The average Bonchev–Trinajstić information content (AvgIpc) is 2.61. The summed E-state index contributed by atoms with van der Waals surface area (Å²) in [5.74, 6) is 0.862. The largest absolute Gasteiger partial charge is 0.493 e. The molecule has 0 radical (unpaired) electrons. The Morgan fingerprint density at radius 1 is 1.40 bits per heavy atom. The van der Waals surface area contributed by atoms with Crippen molar-refractivity contribution in [2.45, 2.75) is 6.42 Å². The van der Waals surface area contributed by atoms with Crippen LogP contribution in [0.5, 0.6) is 5.75 Å². The van der Waals surface area contributed by atoms with Crippen molar-refractivity contribution in [2.24, 2.45) is 0 Å². The summed E-state index contributed by atoms with van der Waals surface area (Å²) in [6, 6.07) is 5.44. The smallest absolute Gasteiger partial charge is 0.231 e. The molecule has 5 heteroatoms. The van der Waals surface area contributed by atoms with Crippen LogP contribution in [0.2, 0.25) is 0 Å². The first kappa shape index (κ1) is 10.3. The van der Waals surface area contributed by atoms with Crippen LogP contribution in [0.15, 0.2) is 18.2 Å². The fourth-order valence-electron chi connectivity index (χ4n) is 1.56. The summed E-state index contributed by atoms with van der Waals surface area (Å²) in [5, 5.41) is 0. The number of hydrogen-bond donors (Lipinski definition) is 0. The normalized spacial score (nSPS) is 14.5. The van der Waals surface area contributed by atoms with E-state index in [2.05, 4.69) is 0 Å². The molecule has 1 aliphatic heterocycles. The topological polar surface area (TPSA) is 46.6 Å². The van der Waals surface area contributed by atoms with Crippen molar-refractivity contribution in [3.63, 3.8) is 0 Å². The predicted molar refractivity (Wildman–Crippen MR) is 58.9 cm³/mol. The van der Waals surface area contributed by atoms with E-state index in [1.807, 2.05) is 12.1 Å². The zero-order valence-electron chi connectivity index (χ0n) is 8.73. The summed E-state index contributed by atoms with van der Waals surface area (Å²) in [5.41, 5.74) is 1.75. The summed E-state index contributed by atoms with van der Waals surface area (Å²) >= 11 is 0. The lowest BCUT2D eigenvalue weighted by molar-refractivity contribution is 0.357. The Hall–Kier alpha value is -1.23. The van der Waals surface area contributed by atoms with E-state index >= 15 is 0 Å². The van der Waals surface area contributed by atoms with E-state index in [0.717, 1.165) is 17.7 Å². The number of benzene rings is 1. The minimum Gasteiger partial charge on any atom is -0.493 e. The van der Waals surface area contributed by atoms with Crippen LogP contribution >= 0.6 is 0 Å². The lowest BCUT2D eigenvalue weighted by atomic mass is 10.1. The Bertz CT molecular complexity index is 481. The molecular weight excluding hydrogens is 214 g/mol. The maximum Gasteiger partial charge on any atom is 0.231 e. The van der Waals surface area contributed by atoms with Gasteiger partial charge in [0.25, 0.3) is 0 Å². The van der Waals surface area contributed by atoms with Gasteiger partial charge < -0.3 is 4.74 Å². The Kier molecular flexibility index (Phi) is 2.34. The fourth-order valence-corrected chi connectivity index (χ4v) is 2.06. The number of sulfonamides is 1. The third-order valence-electron chi connectivity index (χ3n) is 2.53. The molecule has 0 fully saturated rings. The molecule has 1 aromatic carbocycles. The first-order valence-electron chi connectivity index (χ1n) is 4.68. The van der Waals surface area contributed by atoms with Crippen molar-refractivity contribution in [1.82, 2.24) is 0 Å². The second-order valence-electron chi connectivity index (χ2n) is 3.62. The zero-order valence-corrected chi connectivity index (χ0v) is 9.54. The lowest BCUT2D eigenvalue weighted by Crippen LogP contribution is -2.24. The van der Waals surface area contributed by atoms with Crippen LogP contribution in [0.4, 0.5) is 5.69 Å². The van der Waals surface area contributed by atoms with Gasteiger partial charge >= 0.3 is 0 Å². The van der Waals surface area contributed by atoms with Gasteiger partial charge in [0.2, 0.25) is 10.0 Å². The molecule has 0 saturated heterocycles. The molecular formula is C10H13NO3S. The highest BCUT2D eigenvalue weighted by molar-refractivity contribution is 7.92. The molecule has 1 heterocycles. The van der Waals surface area contributed by atoms with Gasteiger partial charge in [-0.25, -0.2) is 8.42 Å². The van der Waals surface area contributed by atoms with Gasteiger partial charge in [-0.15, -0.1) is 0 Å². The molecule has 0 spiro atoms. The zero-order chi connectivity index (χ0) is 11.1.